The fourth-order valence-electron chi connectivity index (χ4n) is 1.72. The Labute approximate surface area is 132 Å². The standard InChI is InChI=1S/C14H15BrN4S/c1-2-16-14(20)18-17-10-13-7-4-8-19(13)12-6-3-5-11(15)9-12/h3-10H,2H2,1H3,(H2,16,18,20)/b17-10-. The molecular weight excluding hydrogens is 336 g/mol. The largest absolute Gasteiger partial charge is 0.362 e. The summed E-state index contributed by atoms with van der Waals surface area (Å²) in [4.78, 5) is 0. The Hall–Kier alpha value is -1.66. The molecular formula is C14H15BrN4S. The molecule has 0 saturated carbocycles. The molecule has 0 atom stereocenters. The van der Waals surface area contributed by atoms with E-state index >= 15 is 0 Å². The molecule has 0 aliphatic heterocycles. The first-order valence-corrected chi connectivity index (χ1v) is 7.41. The van der Waals surface area contributed by atoms with E-state index in [2.05, 4.69) is 31.8 Å². The summed E-state index contributed by atoms with van der Waals surface area (Å²) in [5.74, 6) is 0. The lowest BCUT2D eigenvalue weighted by Crippen LogP contribution is -2.31. The number of hydrazone groups is 1. The molecule has 2 rings (SSSR count). The molecule has 4 nitrogen and oxygen atoms in total. The van der Waals surface area contributed by atoms with Gasteiger partial charge in [-0.3, -0.25) is 5.43 Å². The maximum atomic E-state index is 5.04. The molecule has 0 spiro atoms. The smallest absolute Gasteiger partial charge is 0.186 e. The molecule has 0 aliphatic rings. The van der Waals surface area contributed by atoms with Gasteiger partial charge in [0.15, 0.2) is 5.11 Å². The highest BCUT2D eigenvalue weighted by molar-refractivity contribution is 9.10. The third kappa shape index (κ3) is 3.91. The quantitative estimate of drug-likeness (QED) is 0.505. The highest BCUT2D eigenvalue weighted by atomic mass is 79.9. The molecule has 0 saturated heterocycles. The second-order valence-corrected chi connectivity index (χ2v) is 5.34. The third-order valence-electron chi connectivity index (χ3n) is 2.57. The zero-order valence-corrected chi connectivity index (χ0v) is 13.4. The number of halogens is 1. The number of nitrogens with one attached hydrogen (secondary N) is 2. The van der Waals surface area contributed by atoms with E-state index in [-0.39, 0.29) is 0 Å². The summed E-state index contributed by atoms with van der Waals surface area (Å²) in [6.07, 6.45) is 3.73. The Morgan fingerprint density at radius 1 is 1.40 bits per heavy atom. The van der Waals surface area contributed by atoms with Crippen LogP contribution in [0.2, 0.25) is 0 Å². The van der Waals surface area contributed by atoms with Crippen molar-refractivity contribution in [3.05, 3.63) is 52.8 Å². The maximum absolute atomic E-state index is 5.04. The van der Waals surface area contributed by atoms with Crippen LogP contribution in [0.3, 0.4) is 0 Å². The molecule has 0 radical (unpaired) electrons. The van der Waals surface area contributed by atoms with Crippen molar-refractivity contribution >= 4 is 39.5 Å². The van der Waals surface area contributed by atoms with Gasteiger partial charge in [0.25, 0.3) is 0 Å². The SMILES string of the molecule is CCNC(=S)N/N=C\c1cccn1-c1cccc(Br)c1. The van der Waals surface area contributed by atoms with Crippen LogP contribution in [0, 0.1) is 0 Å². The summed E-state index contributed by atoms with van der Waals surface area (Å²) >= 11 is 8.52. The zero-order valence-electron chi connectivity index (χ0n) is 11.0. The lowest BCUT2D eigenvalue weighted by molar-refractivity contribution is 0.902. The molecule has 1 aromatic heterocycles. The normalized spacial score (nSPS) is 10.7. The number of aromatic nitrogens is 1. The van der Waals surface area contributed by atoms with Crippen LogP contribution in [0.4, 0.5) is 0 Å². The molecule has 2 N–H and O–H groups in total. The van der Waals surface area contributed by atoms with Crippen LogP contribution in [-0.4, -0.2) is 22.4 Å². The maximum Gasteiger partial charge on any atom is 0.186 e. The van der Waals surface area contributed by atoms with Crippen molar-refractivity contribution in [1.29, 1.82) is 0 Å². The van der Waals surface area contributed by atoms with Crippen molar-refractivity contribution in [2.24, 2.45) is 5.10 Å². The topological polar surface area (TPSA) is 41.4 Å². The van der Waals surface area contributed by atoms with Crippen LogP contribution in [0.1, 0.15) is 12.6 Å². The van der Waals surface area contributed by atoms with E-state index in [0.717, 1.165) is 22.4 Å². The molecule has 0 aliphatic carbocycles. The summed E-state index contributed by atoms with van der Waals surface area (Å²) in [6.45, 7) is 2.76. The molecule has 0 amide bonds. The minimum Gasteiger partial charge on any atom is -0.362 e. The Bertz CT molecular complexity index is 621. The molecule has 0 unspecified atom stereocenters. The zero-order chi connectivity index (χ0) is 14.4. The van der Waals surface area contributed by atoms with Crippen LogP contribution >= 0.6 is 28.1 Å². The van der Waals surface area contributed by atoms with Gasteiger partial charge in [-0.05, 0) is 49.5 Å². The first-order valence-electron chi connectivity index (χ1n) is 6.21. The second-order valence-electron chi connectivity index (χ2n) is 4.01. The second kappa shape index (κ2) is 7.21. The minimum atomic E-state index is 0.518. The Morgan fingerprint density at radius 3 is 3.00 bits per heavy atom. The highest BCUT2D eigenvalue weighted by Gasteiger charge is 2.01. The molecule has 6 heteroatoms. The van der Waals surface area contributed by atoms with Gasteiger partial charge in [-0.25, -0.2) is 0 Å². The van der Waals surface area contributed by atoms with E-state index in [9.17, 15) is 0 Å². The first kappa shape index (κ1) is 14.7. The third-order valence-corrected chi connectivity index (χ3v) is 3.30. The van der Waals surface area contributed by atoms with Crippen LogP contribution in [0.5, 0.6) is 0 Å². The lowest BCUT2D eigenvalue weighted by atomic mass is 10.3. The van der Waals surface area contributed by atoms with Crippen LogP contribution in [0.25, 0.3) is 5.69 Å². The van der Waals surface area contributed by atoms with E-state index < -0.39 is 0 Å². The number of benzene rings is 1. The van der Waals surface area contributed by atoms with Crippen LogP contribution in [0.15, 0.2) is 52.2 Å². The molecule has 104 valence electrons. The molecule has 0 bridgehead atoms. The Kier molecular flexibility index (Phi) is 5.31. The van der Waals surface area contributed by atoms with Gasteiger partial charge in [-0.15, -0.1) is 0 Å². The van der Waals surface area contributed by atoms with Gasteiger partial charge in [-0.2, -0.15) is 5.10 Å². The van der Waals surface area contributed by atoms with Gasteiger partial charge in [-0.1, -0.05) is 22.0 Å². The Morgan fingerprint density at radius 2 is 2.25 bits per heavy atom. The van der Waals surface area contributed by atoms with Gasteiger partial charge in [0.1, 0.15) is 0 Å². The van der Waals surface area contributed by atoms with E-state index in [1.54, 1.807) is 6.21 Å². The Balaban J connectivity index is 2.13. The van der Waals surface area contributed by atoms with Crippen LogP contribution in [-0.2, 0) is 0 Å². The summed E-state index contributed by atoms with van der Waals surface area (Å²) in [5, 5.41) is 7.62. The predicted molar refractivity (Wildman–Crippen MR) is 90.5 cm³/mol. The highest BCUT2D eigenvalue weighted by Crippen LogP contribution is 2.17. The number of nitrogens with zero attached hydrogens (tertiary/aromatic N) is 2. The van der Waals surface area contributed by atoms with Crippen molar-refractivity contribution in [1.82, 2.24) is 15.3 Å². The molecule has 0 fully saturated rings. The van der Waals surface area contributed by atoms with E-state index in [0.29, 0.717) is 5.11 Å². The van der Waals surface area contributed by atoms with Gasteiger partial charge < -0.3 is 9.88 Å². The predicted octanol–water partition coefficient (Wildman–Crippen LogP) is 3.06. The fourth-order valence-corrected chi connectivity index (χ4v) is 2.30. The summed E-state index contributed by atoms with van der Waals surface area (Å²) in [7, 11) is 0. The van der Waals surface area contributed by atoms with E-state index in [1.165, 1.54) is 0 Å². The van der Waals surface area contributed by atoms with Crippen molar-refractivity contribution in [3.8, 4) is 5.69 Å². The van der Waals surface area contributed by atoms with Gasteiger partial charge in [0, 0.05) is 22.9 Å². The summed E-state index contributed by atoms with van der Waals surface area (Å²) in [6, 6.07) is 12.1. The molecule has 20 heavy (non-hydrogen) atoms. The minimum absolute atomic E-state index is 0.518. The van der Waals surface area contributed by atoms with Crippen LogP contribution < -0.4 is 10.7 Å². The summed E-state index contributed by atoms with van der Waals surface area (Å²) < 4.78 is 3.09. The molecule has 1 heterocycles. The molecule has 2 aromatic rings. The van der Waals surface area contributed by atoms with Crippen molar-refractivity contribution < 1.29 is 0 Å². The lowest BCUT2D eigenvalue weighted by Gasteiger charge is -2.07. The number of hydrogen-bond donors (Lipinski definition) is 2. The number of hydrogen-bond acceptors (Lipinski definition) is 2. The average molecular weight is 351 g/mol. The monoisotopic (exact) mass is 350 g/mol. The molecule has 1 aromatic carbocycles. The van der Waals surface area contributed by atoms with Crippen molar-refractivity contribution in [2.45, 2.75) is 6.92 Å². The van der Waals surface area contributed by atoms with E-state index in [1.807, 2.05) is 54.1 Å². The van der Waals surface area contributed by atoms with Gasteiger partial charge >= 0.3 is 0 Å². The number of thiocarbonyl (C=S) groups is 1. The van der Waals surface area contributed by atoms with Crippen molar-refractivity contribution in [2.75, 3.05) is 6.54 Å². The van der Waals surface area contributed by atoms with Gasteiger partial charge in [0.2, 0.25) is 0 Å². The number of rotatable bonds is 4. The van der Waals surface area contributed by atoms with Crippen molar-refractivity contribution in [3.63, 3.8) is 0 Å². The van der Waals surface area contributed by atoms with Gasteiger partial charge in [0.05, 0.1) is 11.9 Å². The average Bonchev–Trinajstić information content (AvgIpc) is 2.87. The fraction of sp³-hybridized carbons (Fsp3) is 0.143. The van der Waals surface area contributed by atoms with E-state index in [4.69, 9.17) is 12.2 Å². The summed E-state index contributed by atoms with van der Waals surface area (Å²) in [5.41, 5.74) is 4.82. The first-order chi connectivity index (χ1) is 9.70.